The topological polar surface area (TPSA) is 122 Å². The van der Waals surface area contributed by atoms with Gasteiger partial charge < -0.3 is 19.8 Å². The van der Waals surface area contributed by atoms with Crippen molar-refractivity contribution in [1.82, 2.24) is 10.7 Å². The second kappa shape index (κ2) is 11.7. The van der Waals surface area contributed by atoms with Gasteiger partial charge in [0, 0.05) is 0 Å². The first kappa shape index (κ1) is 23.8. The Morgan fingerprint density at radius 2 is 1.82 bits per heavy atom. The third kappa shape index (κ3) is 7.37. The van der Waals surface area contributed by atoms with Crippen LogP contribution in [0.1, 0.15) is 11.3 Å². The molecule has 3 N–H and O–H groups in total. The lowest BCUT2D eigenvalue weighted by Crippen LogP contribution is -2.37. The van der Waals surface area contributed by atoms with Crippen molar-refractivity contribution in [1.29, 1.82) is 0 Å². The summed E-state index contributed by atoms with van der Waals surface area (Å²) in [6.07, 6.45) is 2.76. The van der Waals surface area contributed by atoms with Crippen molar-refractivity contribution in [3.63, 3.8) is 0 Å². The van der Waals surface area contributed by atoms with Crippen molar-refractivity contribution in [2.45, 2.75) is 6.54 Å². The molecular weight excluding hydrogens is 471 g/mol. The van der Waals surface area contributed by atoms with Crippen LogP contribution in [-0.4, -0.2) is 30.5 Å². The maximum Gasteiger partial charge on any atom is 0.329 e. The minimum absolute atomic E-state index is 0.0798. The molecule has 170 valence electrons. The Labute approximate surface area is 198 Å². The summed E-state index contributed by atoms with van der Waals surface area (Å²) < 4.78 is 10.5. The van der Waals surface area contributed by atoms with Crippen LogP contribution in [0.5, 0.6) is 5.75 Å². The summed E-state index contributed by atoms with van der Waals surface area (Å²) in [4.78, 5) is 35.5. The van der Waals surface area contributed by atoms with Crippen LogP contribution < -0.4 is 20.8 Å². The Morgan fingerprint density at radius 3 is 2.55 bits per heavy atom. The number of benzene rings is 2. The van der Waals surface area contributed by atoms with Crippen LogP contribution in [0.4, 0.5) is 5.69 Å². The number of rotatable bonds is 8. The number of carbonyl (C=O) groups excluding carboxylic acids is 3. The Hall–Kier alpha value is -3.82. The second-order valence-electron chi connectivity index (χ2n) is 6.47. The molecule has 9 nitrogen and oxygen atoms in total. The summed E-state index contributed by atoms with van der Waals surface area (Å²) >= 11 is 12.2. The van der Waals surface area contributed by atoms with Gasteiger partial charge in [0.05, 0.1) is 34.8 Å². The number of furan rings is 1. The molecule has 0 radical (unpaired) electrons. The highest BCUT2D eigenvalue weighted by Crippen LogP contribution is 2.25. The van der Waals surface area contributed by atoms with Gasteiger partial charge in [-0.1, -0.05) is 35.3 Å². The number of carbonyl (C=O) groups is 3. The molecule has 3 amide bonds. The molecule has 0 aliphatic carbocycles. The van der Waals surface area contributed by atoms with Gasteiger partial charge in [0.1, 0.15) is 11.5 Å². The number of hydrogen-bond acceptors (Lipinski definition) is 6. The molecule has 0 saturated carbocycles. The maximum absolute atomic E-state index is 12.1. The summed E-state index contributed by atoms with van der Waals surface area (Å²) in [5.41, 5.74) is 3.12. The van der Waals surface area contributed by atoms with Gasteiger partial charge in [-0.2, -0.15) is 5.10 Å². The fraction of sp³-hybridized carbons (Fsp3) is 0.0909. The highest BCUT2D eigenvalue weighted by atomic mass is 35.5. The number of hydrazone groups is 1. The molecule has 0 aliphatic rings. The average Bonchev–Trinajstić information content (AvgIpc) is 3.32. The number of para-hydroxylation sites is 1. The van der Waals surface area contributed by atoms with Crippen molar-refractivity contribution >= 4 is 52.8 Å². The van der Waals surface area contributed by atoms with E-state index in [2.05, 4.69) is 21.2 Å². The smallest absolute Gasteiger partial charge is 0.329 e. The van der Waals surface area contributed by atoms with E-state index in [4.69, 9.17) is 32.4 Å². The zero-order chi connectivity index (χ0) is 23.6. The van der Waals surface area contributed by atoms with E-state index >= 15 is 0 Å². The van der Waals surface area contributed by atoms with Gasteiger partial charge in [-0.15, -0.1) is 0 Å². The van der Waals surface area contributed by atoms with Gasteiger partial charge in [0.25, 0.3) is 5.91 Å². The van der Waals surface area contributed by atoms with Crippen molar-refractivity contribution in [2.75, 3.05) is 11.9 Å². The predicted molar refractivity (Wildman–Crippen MR) is 123 cm³/mol. The van der Waals surface area contributed by atoms with Crippen molar-refractivity contribution < 1.29 is 23.5 Å². The lowest BCUT2D eigenvalue weighted by Gasteiger charge is -2.10. The van der Waals surface area contributed by atoms with E-state index in [-0.39, 0.29) is 23.9 Å². The molecule has 0 unspecified atom stereocenters. The summed E-state index contributed by atoms with van der Waals surface area (Å²) in [5, 5.41) is 9.40. The van der Waals surface area contributed by atoms with Gasteiger partial charge in [-0.05, 0) is 48.0 Å². The number of nitrogens with zero attached hydrogens (tertiary/aromatic N) is 1. The van der Waals surface area contributed by atoms with Crippen LogP contribution in [-0.2, 0) is 20.9 Å². The number of amides is 3. The number of nitrogens with one attached hydrogen (secondary N) is 3. The van der Waals surface area contributed by atoms with Crippen LogP contribution in [0.3, 0.4) is 0 Å². The van der Waals surface area contributed by atoms with Gasteiger partial charge >= 0.3 is 11.8 Å². The Kier molecular flexibility index (Phi) is 8.45. The van der Waals surface area contributed by atoms with Crippen molar-refractivity contribution in [3.05, 3.63) is 82.2 Å². The minimum atomic E-state index is -0.937. The standard InChI is InChI=1S/C22H18Cl2N4O5/c23-16-5-1-2-6-18(16)27-20(29)13-33-19-8-7-14(10-17(19)24)11-26-28-22(31)21(30)25-12-15-4-3-9-32-15/h1-11H,12-13H2,(H,25,30)(H,27,29)(H,28,31)/b26-11-. The average molecular weight is 489 g/mol. The van der Waals surface area contributed by atoms with E-state index in [1.54, 1.807) is 48.5 Å². The molecule has 11 heteroatoms. The van der Waals surface area contributed by atoms with Gasteiger partial charge in [0.15, 0.2) is 6.61 Å². The van der Waals surface area contributed by atoms with Crippen LogP contribution in [0, 0.1) is 0 Å². The van der Waals surface area contributed by atoms with Gasteiger partial charge in [-0.25, -0.2) is 5.43 Å². The predicted octanol–water partition coefficient (Wildman–Crippen LogP) is 3.37. The van der Waals surface area contributed by atoms with Gasteiger partial charge in [0.2, 0.25) is 0 Å². The molecular formula is C22H18Cl2N4O5. The summed E-state index contributed by atoms with van der Waals surface area (Å²) in [7, 11) is 0. The fourth-order valence-corrected chi connectivity index (χ4v) is 2.91. The van der Waals surface area contributed by atoms with E-state index in [0.717, 1.165) is 0 Å². The number of anilines is 1. The van der Waals surface area contributed by atoms with Gasteiger partial charge in [-0.3, -0.25) is 14.4 Å². The first-order valence-electron chi connectivity index (χ1n) is 9.52. The highest BCUT2D eigenvalue weighted by Gasteiger charge is 2.13. The molecule has 0 saturated heterocycles. The van der Waals surface area contributed by atoms with E-state index < -0.39 is 17.7 Å². The first-order valence-corrected chi connectivity index (χ1v) is 10.3. The molecule has 3 aromatic rings. The van der Waals surface area contributed by atoms with E-state index in [0.29, 0.717) is 22.0 Å². The van der Waals surface area contributed by atoms with E-state index in [9.17, 15) is 14.4 Å². The third-order valence-corrected chi connectivity index (χ3v) is 4.68. The quantitative estimate of drug-likeness (QED) is 0.255. The largest absolute Gasteiger partial charge is 0.482 e. The lowest BCUT2D eigenvalue weighted by molar-refractivity contribution is -0.139. The zero-order valence-electron chi connectivity index (χ0n) is 17.0. The fourth-order valence-electron chi connectivity index (χ4n) is 2.48. The van der Waals surface area contributed by atoms with Crippen LogP contribution in [0.2, 0.25) is 10.0 Å². The van der Waals surface area contributed by atoms with Crippen LogP contribution in [0.25, 0.3) is 0 Å². The summed E-state index contributed by atoms with van der Waals surface area (Å²) in [6.45, 7) is -0.196. The molecule has 1 heterocycles. The van der Waals surface area contributed by atoms with Crippen molar-refractivity contribution in [2.24, 2.45) is 5.10 Å². The Balaban J connectivity index is 1.45. The number of hydrogen-bond donors (Lipinski definition) is 3. The molecule has 33 heavy (non-hydrogen) atoms. The number of ether oxygens (including phenoxy) is 1. The summed E-state index contributed by atoms with van der Waals surface area (Å²) in [5.74, 6) is -1.41. The Bertz CT molecular complexity index is 1170. The molecule has 2 aromatic carbocycles. The lowest BCUT2D eigenvalue weighted by atomic mass is 10.2. The first-order chi connectivity index (χ1) is 15.9. The minimum Gasteiger partial charge on any atom is -0.482 e. The molecule has 0 fully saturated rings. The molecule has 3 rings (SSSR count). The molecule has 1 aromatic heterocycles. The van der Waals surface area contributed by atoms with Crippen LogP contribution in [0.15, 0.2) is 70.4 Å². The summed E-state index contributed by atoms with van der Waals surface area (Å²) in [6, 6.07) is 14.8. The highest BCUT2D eigenvalue weighted by molar-refractivity contribution is 6.35. The molecule has 0 bridgehead atoms. The Morgan fingerprint density at radius 1 is 1.00 bits per heavy atom. The monoisotopic (exact) mass is 488 g/mol. The van der Waals surface area contributed by atoms with Crippen LogP contribution >= 0.6 is 23.2 Å². The SMILES string of the molecule is O=C(COc1ccc(/C=N\NC(=O)C(=O)NCc2ccco2)cc1Cl)Nc1ccccc1Cl. The molecule has 0 spiro atoms. The number of halogens is 2. The third-order valence-electron chi connectivity index (χ3n) is 4.05. The maximum atomic E-state index is 12.1. The second-order valence-corrected chi connectivity index (χ2v) is 7.28. The van der Waals surface area contributed by atoms with E-state index in [1.807, 2.05) is 0 Å². The van der Waals surface area contributed by atoms with E-state index in [1.165, 1.54) is 18.5 Å². The van der Waals surface area contributed by atoms with Crippen molar-refractivity contribution in [3.8, 4) is 5.75 Å². The normalized spacial score (nSPS) is 10.6. The molecule has 0 atom stereocenters. The zero-order valence-corrected chi connectivity index (χ0v) is 18.5. The molecule has 0 aliphatic heterocycles.